The largest absolute Gasteiger partial charge is 0.399 e. The van der Waals surface area contributed by atoms with Gasteiger partial charge < -0.3 is 16.4 Å². The molecule has 2 heterocycles. The van der Waals surface area contributed by atoms with Gasteiger partial charge in [0.15, 0.2) is 0 Å². The van der Waals surface area contributed by atoms with Gasteiger partial charge in [0, 0.05) is 18.7 Å². The normalized spacial score (nSPS) is 18.5. The van der Waals surface area contributed by atoms with E-state index in [0.29, 0.717) is 35.5 Å². The topological polar surface area (TPSA) is 113 Å². The number of carbonyl (C=O) groups is 1. The van der Waals surface area contributed by atoms with Gasteiger partial charge in [0.2, 0.25) is 11.9 Å². The molecule has 1 fully saturated rings. The average molecular weight is 259 g/mol. The van der Waals surface area contributed by atoms with Crippen molar-refractivity contribution in [1.29, 1.82) is 0 Å². The standard InChI is InChI=1S/C12H13N5O2/c13-6-1-2-9-8(3-6)11(19)17-12(16-9)15-7-4-10(18)14-5-7/h1-3,7H,4-5,13H2,(H,14,18)(H2,15,16,17,19). The van der Waals surface area contributed by atoms with Gasteiger partial charge in [-0.2, -0.15) is 0 Å². The minimum absolute atomic E-state index is 0.00610. The van der Waals surface area contributed by atoms with Crippen LogP contribution in [0.25, 0.3) is 10.9 Å². The average Bonchev–Trinajstić information content (AvgIpc) is 2.76. The Morgan fingerprint density at radius 1 is 1.37 bits per heavy atom. The third-order valence-electron chi connectivity index (χ3n) is 3.05. The minimum atomic E-state index is -0.253. The van der Waals surface area contributed by atoms with Crippen molar-refractivity contribution in [2.75, 3.05) is 17.6 Å². The summed E-state index contributed by atoms with van der Waals surface area (Å²) in [6.07, 6.45) is 0.378. The zero-order chi connectivity index (χ0) is 13.4. The van der Waals surface area contributed by atoms with Gasteiger partial charge in [-0.25, -0.2) is 4.98 Å². The highest BCUT2D eigenvalue weighted by Crippen LogP contribution is 2.14. The second kappa shape index (κ2) is 4.27. The van der Waals surface area contributed by atoms with Gasteiger partial charge >= 0.3 is 0 Å². The second-order valence-electron chi connectivity index (χ2n) is 4.54. The highest BCUT2D eigenvalue weighted by Gasteiger charge is 2.21. The van der Waals surface area contributed by atoms with E-state index in [9.17, 15) is 9.59 Å². The number of nitrogens with two attached hydrogens (primary N) is 1. The number of carbonyl (C=O) groups excluding carboxylic acids is 1. The number of hydrogen-bond donors (Lipinski definition) is 4. The lowest BCUT2D eigenvalue weighted by Crippen LogP contribution is -2.25. The van der Waals surface area contributed by atoms with E-state index in [-0.39, 0.29) is 17.5 Å². The molecule has 1 aliphatic heterocycles. The molecule has 0 bridgehead atoms. The van der Waals surface area contributed by atoms with Gasteiger partial charge in [-0.15, -0.1) is 0 Å². The molecule has 1 aromatic heterocycles. The summed E-state index contributed by atoms with van der Waals surface area (Å²) < 4.78 is 0. The fraction of sp³-hybridized carbons (Fsp3) is 0.250. The van der Waals surface area contributed by atoms with Crippen molar-refractivity contribution in [3.63, 3.8) is 0 Å². The predicted molar refractivity (Wildman–Crippen MR) is 71.8 cm³/mol. The van der Waals surface area contributed by atoms with Crippen LogP contribution in [0.2, 0.25) is 0 Å². The van der Waals surface area contributed by atoms with Gasteiger partial charge in [0.1, 0.15) is 0 Å². The van der Waals surface area contributed by atoms with Crippen LogP contribution >= 0.6 is 0 Å². The molecule has 1 amide bonds. The molecule has 1 aromatic carbocycles. The first-order chi connectivity index (χ1) is 9.11. The third kappa shape index (κ3) is 2.22. The molecule has 0 spiro atoms. The van der Waals surface area contributed by atoms with Crippen LogP contribution in [0.3, 0.4) is 0 Å². The second-order valence-corrected chi connectivity index (χ2v) is 4.54. The van der Waals surface area contributed by atoms with Gasteiger partial charge in [0.25, 0.3) is 5.56 Å². The molecule has 0 radical (unpaired) electrons. The van der Waals surface area contributed by atoms with E-state index in [2.05, 4.69) is 20.6 Å². The summed E-state index contributed by atoms with van der Waals surface area (Å²) in [5.41, 5.74) is 6.47. The number of H-pyrrole nitrogens is 1. The van der Waals surface area contributed by atoms with E-state index >= 15 is 0 Å². The van der Waals surface area contributed by atoms with Crippen LogP contribution in [0.5, 0.6) is 0 Å². The number of benzene rings is 1. The van der Waals surface area contributed by atoms with Crippen molar-refractivity contribution in [3.05, 3.63) is 28.6 Å². The van der Waals surface area contributed by atoms with Crippen LogP contribution in [-0.2, 0) is 4.79 Å². The Morgan fingerprint density at radius 3 is 2.95 bits per heavy atom. The summed E-state index contributed by atoms with van der Waals surface area (Å²) in [5.74, 6) is 0.359. The molecule has 7 heteroatoms. The molecule has 1 aliphatic rings. The highest BCUT2D eigenvalue weighted by atomic mass is 16.2. The van der Waals surface area contributed by atoms with Crippen molar-refractivity contribution in [2.45, 2.75) is 12.5 Å². The maximum absolute atomic E-state index is 11.9. The lowest BCUT2D eigenvalue weighted by molar-refractivity contribution is -0.119. The van der Waals surface area contributed by atoms with Crippen molar-refractivity contribution in [3.8, 4) is 0 Å². The molecule has 0 saturated carbocycles. The number of hydrogen-bond acceptors (Lipinski definition) is 5. The summed E-state index contributed by atoms with van der Waals surface area (Å²) in [6, 6.07) is 4.93. The van der Waals surface area contributed by atoms with Crippen molar-refractivity contribution in [1.82, 2.24) is 15.3 Å². The Balaban J connectivity index is 1.95. The number of amides is 1. The van der Waals surface area contributed by atoms with E-state index < -0.39 is 0 Å². The Bertz CT molecular complexity index is 709. The molecule has 1 atom stereocenters. The molecule has 7 nitrogen and oxygen atoms in total. The number of aromatic amines is 1. The number of rotatable bonds is 2. The molecule has 19 heavy (non-hydrogen) atoms. The summed E-state index contributed by atoms with van der Waals surface area (Å²) in [6.45, 7) is 0.530. The van der Waals surface area contributed by atoms with Crippen molar-refractivity contribution >= 4 is 28.4 Å². The Kier molecular flexibility index (Phi) is 2.59. The summed E-state index contributed by atoms with van der Waals surface area (Å²) in [7, 11) is 0. The maximum Gasteiger partial charge on any atom is 0.260 e. The minimum Gasteiger partial charge on any atom is -0.399 e. The fourth-order valence-corrected chi connectivity index (χ4v) is 2.13. The van der Waals surface area contributed by atoms with E-state index in [1.165, 1.54) is 0 Å². The zero-order valence-electron chi connectivity index (χ0n) is 10.1. The number of nitrogen functional groups attached to an aromatic ring is 1. The van der Waals surface area contributed by atoms with Crippen LogP contribution in [0.15, 0.2) is 23.0 Å². The molecule has 1 unspecified atom stereocenters. The van der Waals surface area contributed by atoms with E-state index in [4.69, 9.17) is 5.73 Å². The first kappa shape index (κ1) is 11.5. The number of anilines is 2. The van der Waals surface area contributed by atoms with Crippen LogP contribution < -0.4 is 21.9 Å². The summed E-state index contributed by atoms with van der Waals surface area (Å²) >= 11 is 0. The van der Waals surface area contributed by atoms with Gasteiger partial charge in [-0.3, -0.25) is 14.6 Å². The van der Waals surface area contributed by atoms with Gasteiger partial charge in [-0.1, -0.05) is 0 Å². The molecule has 1 saturated heterocycles. The number of nitrogens with zero attached hydrogens (tertiary/aromatic N) is 1. The van der Waals surface area contributed by atoms with Gasteiger partial charge in [-0.05, 0) is 18.2 Å². The fourth-order valence-electron chi connectivity index (χ4n) is 2.13. The lowest BCUT2D eigenvalue weighted by atomic mass is 10.2. The first-order valence-electron chi connectivity index (χ1n) is 5.94. The molecule has 5 N–H and O–H groups in total. The maximum atomic E-state index is 11.9. The number of fused-ring (bicyclic) bond motifs is 1. The lowest BCUT2D eigenvalue weighted by Gasteiger charge is -2.11. The Morgan fingerprint density at radius 2 is 2.21 bits per heavy atom. The van der Waals surface area contributed by atoms with Gasteiger partial charge in [0.05, 0.1) is 16.9 Å². The van der Waals surface area contributed by atoms with Crippen molar-refractivity contribution in [2.24, 2.45) is 0 Å². The van der Waals surface area contributed by atoms with Crippen LogP contribution in [-0.4, -0.2) is 28.5 Å². The quantitative estimate of drug-likeness (QED) is 0.558. The summed E-state index contributed by atoms with van der Waals surface area (Å²) in [4.78, 5) is 30.0. The smallest absolute Gasteiger partial charge is 0.260 e. The van der Waals surface area contributed by atoms with Crippen LogP contribution in [0.1, 0.15) is 6.42 Å². The third-order valence-corrected chi connectivity index (χ3v) is 3.05. The van der Waals surface area contributed by atoms with Crippen LogP contribution in [0, 0.1) is 0 Å². The predicted octanol–water partition coefficient (Wildman–Crippen LogP) is -0.194. The molecule has 2 aromatic rings. The highest BCUT2D eigenvalue weighted by molar-refractivity contribution is 5.82. The molecular weight excluding hydrogens is 246 g/mol. The Labute approximate surface area is 108 Å². The molecule has 3 rings (SSSR count). The SMILES string of the molecule is Nc1ccc2nc(NC3CNC(=O)C3)[nH]c(=O)c2c1. The number of nitrogens with one attached hydrogen (secondary N) is 3. The zero-order valence-corrected chi connectivity index (χ0v) is 10.1. The molecule has 0 aliphatic carbocycles. The first-order valence-corrected chi connectivity index (χ1v) is 5.94. The number of aromatic nitrogens is 2. The van der Waals surface area contributed by atoms with Crippen molar-refractivity contribution < 1.29 is 4.79 Å². The van der Waals surface area contributed by atoms with E-state index in [0.717, 1.165) is 0 Å². The summed E-state index contributed by atoms with van der Waals surface area (Å²) in [5, 5.41) is 6.20. The Hall–Kier alpha value is -2.57. The van der Waals surface area contributed by atoms with E-state index in [1.807, 2.05) is 0 Å². The van der Waals surface area contributed by atoms with Crippen LogP contribution in [0.4, 0.5) is 11.6 Å². The monoisotopic (exact) mass is 259 g/mol. The molecular formula is C12H13N5O2. The molecule has 98 valence electrons. The van der Waals surface area contributed by atoms with E-state index in [1.54, 1.807) is 18.2 Å².